The van der Waals surface area contributed by atoms with Crippen molar-refractivity contribution in [3.63, 3.8) is 0 Å². The molecular formula is C36H49Cl3FeN3. The first-order valence-electron chi connectivity index (χ1n) is 15.4. The van der Waals surface area contributed by atoms with Gasteiger partial charge >= 0.3 is 17.1 Å². The monoisotopic (exact) mass is 684 g/mol. The summed E-state index contributed by atoms with van der Waals surface area (Å²) in [4.78, 5) is 15.0. The number of benzene rings is 2. The van der Waals surface area contributed by atoms with Gasteiger partial charge in [0, 0.05) is 0 Å². The molecule has 1 heterocycles. The summed E-state index contributed by atoms with van der Waals surface area (Å²) in [5, 5.41) is 0. The SMILES string of the molecule is CCCCc1cccc(CCCC)c1N=Cc1cc(C)cc(C=Nc2c(CCCC)cccc2CCCC)n1.[Cl-].[Cl-].[Cl-].[Fe+3]. The van der Waals surface area contributed by atoms with Crippen LogP contribution in [0, 0.1) is 6.92 Å². The van der Waals surface area contributed by atoms with Gasteiger partial charge in [-0.25, -0.2) is 4.98 Å². The molecule has 2 aromatic carbocycles. The van der Waals surface area contributed by atoms with Crippen molar-refractivity contribution in [3.05, 3.63) is 87.7 Å². The van der Waals surface area contributed by atoms with Crippen molar-refractivity contribution in [2.75, 3.05) is 0 Å². The minimum atomic E-state index is 0. The Bertz CT molecular complexity index is 1100. The summed E-state index contributed by atoms with van der Waals surface area (Å²) in [5.41, 5.74) is 10.6. The molecule has 0 spiro atoms. The van der Waals surface area contributed by atoms with Crippen LogP contribution in [-0.4, -0.2) is 17.4 Å². The molecule has 3 rings (SSSR count). The number of aryl methyl sites for hydroxylation is 5. The van der Waals surface area contributed by atoms with Gasteiger partial charge in [-0.3, -0.25) is 9.98 Å². The van der Waals surface area contributed by atoms with Gasteiger partial charge in [0.25, 0.3) is 0 Å². The molecule has 7 heteroatoms. The van der Waals surface area contributed by atoms with Crippen molar-refractivity contribution in [3.8, 4) is 0 Å². The molecule has 0 fully saturated rings. The number of aromatic nitrogens is 1. The summed E-state index contributed by atoms with van der Waals surface area (Å²) >= 11 is 0. The molecule has 0 bridgehead atoms. The van der Waals surface area contributed by atoms with Crippen molar-refractivity contribution >= 4 is 23.8 Å². The predicted molar refractivity (Wildman–Crippen MR) is 171 cm³/mol. The zero-order valence-electron chi connectivity index (χ0n) is 26.6. The van der Waals surface area contributed by atoms with Gasteiger partial charge in [-0.2, -0.15) is 0 Å². The standard InChI is InChI=1S/C36H49N3.3ClH.Fe/c1-6-10-16-29-20-14-21-30(17-11-7-2)35(29)37-26-33-24-28(5)25-34(39-33)27-38-36-31(18-12-8-3)22-15-23-32(36)19-13-9-4;;;;/h14-15,20-27H,6-13,16-19H2,1-5H3;3*1H;/q;;;;+3/p-3. The average Bonchev–Trinajstić information content (AvgIpc) is 2.95. The van der Waals surface area contributed by atoms with Crippen molar-refractivity contribution in [1.29, 1.82) is 0 Å². The summed E-state index contributed by atoms with van der Waals surface area (Å²) in [6.07, 6.45) is 17.7. The Labute approximate surface area is 291 Å². The van der Waals surface area contributed by atoms with Gasteiger partial charge in [0.2, 0.25) is 0 Å². The molecule has 0 N–H and O–H groups in total. The van der Waals surface area contributed by atoms with Crippen LogP contribution >= 0.6 is 0 Å². The van der Waals surface area contributed by atoms with E-state index in [0.717, 1.165) is 48.4 Å². The van der Waals surface area contributed by atoms with Crippen LogP contribution < -0.4 is 37.2 Å². The van der Waals surface area contributed by atoms with Gasteiger partial charge in [0.05, 0.1) is 35.2 Å². The maximum absolute atomic E-state index is 5.05. The molecule has 0 aliphatic carbocycles. The molecule has 0 saturated heterocycles. The summed E-state index contributed by atoms with van der Waals surface area (Å²) in [6, 6.07) is 17.6. The predicted octanol–water partition coefficient (Wildman–Crippen LogP) is 1.27. The van der Waals surface area contributed by atoms with Crippen LogP contribution in [-0.2, 0) is 42.8 Å². The van der Waals surface area contributed by atoms with E-state index >= 15 is 0 Å². The van der Waals surface area contributed by atoms with Gasteiger partial charge in [-0.1, -0.05) is 89.8 Å². The fourth-order valence-corrected chi connectivity index (χ4v) is 5.01. The smallest absolute Gasteiger partial charge is 1.00 e. The molecule has 0 atom stereocenters. The average molecular weight is 686 g/mol. The van der Waals surface area contributed by atoms with Crippen LogP contribution in [0.2, 0.25) is 0 Å². The van der Waals surface area contributed by atoms with E-state index in [1.54, 1.807) is 0 Å². The minimum Gasteiger partial charge on any atom is -1.00 e. The number of unbranched alkanes of at least 4 members (excludes halogenated alkanes) is 4. The number of hydrogen-bond acceptors (Lipinski definition) is 3. The Morgan fingerprint density at radius 3 is 1.14 bits per heavy atom. The molecule has 0 saturated carbocycles. The van der Waals surface area contributed by atoms with Gasteiger partial charge in [0.15, 0.2) is 0 Å². The first kappa shape index (κ1) is 43.4. The quantitative estimate of drug-likeness (QED) is 0.166. The normalized spacial score (nSPS) is 10.6. The molecule has 1 aromatic heterocycles. The molecule has 3 nitrogen and oxygen atoms in total. The third-order valence-corrected chi connectivity index (χ3v) is 7.27. The number of para-hydroxylation sites is 2. The molecule has 3 aromatic rings. The van der Waals surface area contributed by atoms with Crippen LogP contribution in [0.25, 0.3) is 0 Å². The van der Waals surface area contributed by atoms with Crippen LogP contribution in [0.3, 0.4) is 0 Å². The molecule has 0 aliphatic heterocycles. The van der Waals surface area contributed by atoms with E-state index in [2.05, 4.69) is 83.1 Å². The molecule has 0 aliphatic rings. The third-order valence-electron chi connectivity index (χ3n) is 7.27. The molecule has 43 heavy (non-hydrogen) atoms. The van der Waals surface area contributed by atoms with E-state index in [-0.39, 0.29) is 54.3 Å². The summed E-state index contributed by atoms with van der Waals surface area (Å²) in [5.74, 6) is 0. The number of pyridine rings is 1. The number of nitrogens with zero attached hydrogens (tertiary/aromatic N) is 3. The van der Waals surface area contributed by atoms with Crippen molar-refractivity contribution in [1.82, 2.24) is 4.98 Å². The zero-order valence-corrected chi connectivity index (χ0v) is 30.0. The Hall–Kier alpha value is -1.68. The first-order valence-corrected chi connectivity index (χ1v) is 15.4. The Morgan fingerprint density at radius 1 is 0.558 bits per heavy atom. The largest absolute Gasteiger partial charge is 3.00 e. The zero-order chi connectivity index (χ0) is 27.9. The summed E-state index contributed by atoms with van der Waals surface area (Å²) in [7, 11) is 0. The van der Waals surface area contributed by atoms with E-state index in [0.29, 0.717) is 0 Å². The van der Waals surface area contributed by atoms with E-state index in [1.165, 1.54) is 79.2 Å². The van der Waals surface area contributed by atoms with Crippen LogP contribution in [0.4, 0.5) is 11.4 Å². The van der Waals surface area contributed by atoms with E-state index in [4.69, 9.17) is 15.0 Å². The van der Waals surface area contributed by atoms with Gasteiger partial charge < -0.3 is 37.2 Å². The Morgan fingerprint density at radius 2 is 0.860 bits per heavy atom. The number of rotatable bonds is 16. The molecule has 1 radical (unpaired) electrons. The fourth-order valence-electron chi connectivity index (χ4n) is 5.01. The number of hydrogen-bond donors (Lipinski definition) is 0. The molecule has 0 amide bonds. The maximum atomic E-state index is 5.05. The van der Waals surface area contributed by atoms with Crippen LogP contribution in [0.15, 0.2) is 58.5 Å². The van der Waals surface area contributed by atoms with Crippen molar-refractivity contribution in [2.24, 2.45) is 9.98 Å². The third kappa shape index (κ3) is 14.3. The van der Waals surface area contributed by atoms with Crippen LogP contribution in [0.5, 0.6) is 0 Å². The van der Waals surface area contributed by atoms with E-state index in [1.807, 2.05) is 12.4 Å². The summed E-state index contributed by atoms with van der Waals surface area (Å²) in [6.45, 7) is 11.1. The van der Waals surface area contributed by atoms with Gasteiger partial charge in [-0.05, 0) is 98.2 Å². The maximum Gasteiger partial charge on any atom is 3.00 e. The van der Waals surface area contributed by atoms with E-state index < -0.39 is 0 Å². The second kappa shape index (κ2) is 24.6. The second-order valence-corrected chi connectivity index (χ2v) is 10.8. The van der Waals surface area contributed by atoms with Crippen LogP contribution in [0.1, 0.15) is 118 Å². The Kier molecular flexibility index (Phi) is 24.9. The Balaban J connectivity index is 0. The topological polar surface area (TPSA) is 37.6 Å². The first-order chi connectivity index (χ1) is 19.1. The number of halogens is 3. The van der Waals surface area contributed by atoms with Crippen molar-refractivity contribution < 1.29 is 54.3 Å². The second-order valence-electron chi connectivity index (χ2n) is 10.8. The minimum absolute atomic E-state index is 0. The fraction of sp³-hybridized carbons (Fsp3) is 0.472. The molecule has 237 valence electrons. The van der Waals surface area contributed by atoms with Gasteiger partial charge in [0.1, 0.15) is 0 Å². The molecule has 0 unspecified atom stereocenters. The number of aliphatic imine (C=N–C) groups is 2. The molecular weight excluding hydrogens is 637 g/mol. The summed E-state index contributed by atoms with van der Waals surface area (Å²) < 4.78 is 0. The van der Waals surface area contributed by atoms with Crippen molar-refractivity contribution in [2.45, 2.75) is 112 Å². The van der Waals surface area contributed by atoms with Gasteiger partial charge in [-0.15, -0.1) is 0 Å². The van der Waals surface area contributed by atoms with E-state index in [9.17, 15) is 0 Å².